The lowest BCUT2D eigenvalue weighted by Gasteiger charge is -2.25. The van der Waals surface area contributed by atoms with Crippen molar-refractivity contribution in [3.05, 3.63) is 36.2 Å². The molecule has 2 heterocycles. The number of hydrogen-bond donors (Lipinski definition) is 3. The second kappa shape index (κ2) is 7.64. The number of halogens is 3. The van der Waals surface area contributed by atoms with Crippen molar-refractivity contribution in [3.63, 3.8) is 0 Å². The fraction of sp³-hybridized carbons (Fsp3) is 0.375. The number of rotatable bonds is 6. The van der Waals surface area contributed by atoms with E-state index in [0.29, 0.717) is 0 Å². The highest BCUT2D eigenvalue weighted by molar-refractivity contribution is 5.88. The molecule has 0 saturated carbocycles. The summed E-state index contributed by atoms with van der Waals surface area (Å²) in [7, 11) is 0. The molecule has 3 N–H and O–H groups in total. The van der Waals surface area contributed by atoms with Crippen LogP contribution in [0.3, 0.4) is 0 Å². The van der Waals surface area contributed by atoms with E-state index in [4.69, 9.17) is 5.11 Å². The normalized spacial score (nSPS) is 11.9. The minimum Gasteiger partial charge on any atom is -0.481 e. The van der Waals surface area contributed by atoms with E-state index in [9.17, 15) is 22.8 Å². The first kappa shape index (κ1) is 20.2. The minimum atomic E-state index is -4.60. The van der Waals surface area contributed by atoms with Crippen molar-refractivity contribution in [1.82, 2.24) is 20.1 Å². The zero-order valence-electron chi connectivity index (χ0n) is 14.5. The van der Waals surface area contributed by atoms with Gasteiger partial charge < -0.3 is 10.4 Å². The van der Waals surface area contributed by atoms with Crippen molar-refractivity contribution < 1.29 is 27.9 Å². The SMILES string of the molecule is CC(C)(CCC(=O)O)NC(=O)Nc1ccn(-c2ncccc2C(F)(F)F)n1. The zero-order chi connectivity index (χ0) is 20.2. The van der Waals surface area contributed by atoms with E-state index in [0.717, 1.165) is 10.7 Å². The van der Waals surface area contributed by atoms with E-state index in [1.165, 1.54) is 24.5 Å². The van der Waals surface area contributed by atoms with Crippen LogP contribution >= 0.6 is 0 Å². The van der Waals surface area contributed by atoms with Gasteiger partial charge in [0.2, 0.25) is 0 Å². The average Bonchev–Trinajstić information content (AvgIpc) is 3.00. The Bertz CT molecular complexity index is 833. The molecule has 2 rings (SSSR count). The molecule has 0 aliphatic heterocycles. The summed E-state index contributed by atoms with van der Waals surface area (Å²) in [5.41, 5.74) is -1.76. The van der Waals surface area contributed by atoms with E-state index in [-0.39, 0.29) is 18.7 Å². The van der Waals surface area contributed by atoms with Crippen molar-refractivity contribution in [1.29, 1.82) is 0 Å². The van der Waals surface area contributed by atoms with Crippen LogP contribution in [0.15, 0.2) is 30.6 Å². The number of urea groups is 1. The van der Waals surface area contributed by atoms with Crippen LogP contribution in [0, 0.1) is 0 Å². The lowest BCUT2D eigenvalue weighted by Crippen LogP contribution is -2.45. The van der Waals surface area contributed by atoms with Gasteiger partial charge in [0.15, 0.2) is 11.6 Å². The summed E-state index contributed by atoms with van der Waals surface area (Å²) in [6, 6.07) is 2.71. The molecular weight excluding hydrogens is 367 g/mol. The van der Waals surface area contributed by atoms with Crippen LogP contribution in [0.25, 0.3) is 5.82 Å². The molecule has 27 heavy (non-hydrogen) atoms. The molecule has 11 heteroatoms. The highest BCUT2D eigenvalue weighted by atomic mass is 19.4. The predicted molar refractivity (Wildman–Crippen MR) is 89.5 cm³/mol. The van der Waals surface area contributed by atoms with Gasteiger partial charge in [-0.1, -0.05) is 0 Å². The van der Waals surface area contributed by atoms with Gasteiger partial charge in [-0.3, -0.25) is 10.1 Å². The number of hydrogen-bond acceptors (Lipinski definition) is 4. The number of alkyl halides is 3. The van der Waals surface area contributed by atoms with Crippen LogP contribution in [0.4, 0.5) is 23.8 Å². The predicted octanol–water partition coefficient (Wildman–Crippen LogP) is 3.05. The summed E-state index contributed by atoms with van der Waals surface area (Å²) >= 11 is 0. The topological polar surface area (TPSA) is 109 Å². The third-order valence-electron chi connectivity index (χ3n) is 3.56. The fourth-order valence-corrected chi connectivity index (χ4v) is 2.25. The van der Waals surface area contributed by atoms with E-state index < -0.39 is 35.1 Å². The Kier molecular flexibility index (Phi) is 5.72. The molecule has 0 spiro atoms. The number of carbonyl (C=O) groups excluding carboxylic acids is 1. The number of carboxylic acid groups (broad SMARTS) is 1. The summed E-state index contributed by atoms with van der Waals surface area (Å²) in [5.74, 6) is -1.39. The maximum Gasteiger partial charge on any atom is 0.420 e. The van der Waals surface area contributed by atoms with Gasteiger partial charge in [0.25, 0.3) is 0 Å². The summed E-state index contributed by atoms with van der Waals surface area (Å²) in [6.45, 7) is 3.30. The monoisotopic (exact) mass is 385 g/mol. The molecule has 0 saturated heterocycles. The molecule has 0 atom stereocenters. The van der Waals surface area contributed by atoms with Gasteiger partial charge in [-0.2, -0.15) is 13.2 Å². The Morgan fingerprint density at radius 1 is 1.26 bits per heavy atom. The minimum absolute atomic E-state index is 0.0142. The van der Waals surface area contributed by atoms with Crippen molar-refractivity contribution in [2.45, 2.75) is 38.4 Å². The van der Waals surface area contributed by atoms with Crippen molar-refractivity contribution in [3.8, 4) is 5.82 Å². The van der Waals surface area contributed by atoms with Crippen molar-refractivity contribution in [2.75, 3.05) is 5.32 Å². The fourth-order valence-electron chi connectivity index (χ4n) is 2.25. The first-order chi connectivity index (χ1) is 12.5. The molecule has 0 aliphatic carbocycles. The number of nitrogens with one attached hydrogen (secondary N) is 2. The van der Waals surface area contributed by atoms with Crippen molar-refractivity contribution in [2.24, 2.45) is 0 Å². The van der Waals surface area contributed by atoms with Crippen LogP contribution in [0.2, 0.25) is 0 Å². The summed E-state index contributed by atoms with van der Waals surface area (Å²) < 4.78 is 40.1. The molecule has 0 radical (unpaired) electrons. The Labute approximate surface area is 152 Å². The Balaban J connectivity index is 2.09. The molecule has 0 aromatic carbocycles. The van der Waals surface area contributed by atoms with Crippen LogP contribution in [0.5, 0.6) is 0 Å². The lowest BCUT2D eigenvalue weighted by atomic mass is 9.99. The van der Waals surface area contributed by atoms with Gasteiger partial charge in [0.05, 0.1) is 0 Å². The standard InChI is InChI=1S/C16H18F3N5O3/c1-15(2,7-5-12(25)26)22-14(27)21-11-6-9-24(23-11)13-10(16(17,18)19)4-3-8-20-13/h3-4,6,8-9H,5,7H2,1-2H3,(H,25,26)(H2,21,22,23,27). The van der Waals surface area contributed by atoms with Crippen LogP contribution < -0.4 is 10.6 Å². The third kappa shape index (κ3) is 5.69. The van der Waals surface area contributed by atoms with Gasteiger partial charge in [-0.15, -0.1) is 5.10 Å². The second-order valence-corrected chi connectivity index (χ2v) is 6.37. The van der Waals surface area contributed by atoms with Gasteiger partial charge in [-0.25, -0.2) is 14.5 Å². The summed E-state index contributed by atoms with van der Waals surface area (Å²) in [4.78, 5) is 26.4. The largest absolute Gasteiger partial charge is 0.481 e. The molecule has 2 aromatic heterocycles. The van der Waals surface area contributed by atoms with Crippen molar-refractivity contribution >= 4 is 17.8 Å². The van der Waals surface area contributed by atoms with E-state index in [1.807, 2.05) is 0 Å². The van der Waals surface area contributed by atoms with Gasteiger partial charge in [0, 0.05) is 30.4 Å². The van der Waals surface area contributed by atoms with Gasteiger partial charge in [-0.05, 0) is 32.4 Å². The van der Waals surface area contributed by atoms with Gasteiger partial charge >= 0.3 is 18.2 Å². The molecule has 2 aromatic rings. The first-order valence-corrected chi connectivity index (χ1v) is 7.87. The van der Waals surface area contributed by atoms with E-state index in [1.54, 1.807) is 13.8 Å². The first-order valence-electron chi connectivity index (χ1n) is 7.87. The summed E-state index contributed by atoms with van der Waals surface area (Å²) in [6.07, 6.45) is -2.08. The Morgan fingerprint density at radius 2 is 1.96 bits per heavy atom. The number of anilines is 1. The van der Waals surface area contributed by atoms with Crippen LogP contribution in [0.1, 0.15) is 32.3 Å². The molecule has 2 amide bonds. The number of carboxylic acids is 1. The quantitative estimate of drug-likeness (QED) is 0.708. The molecular formula is C16H18F3N5O3. The molecule has 8 nitrogen and oxygen atoms in total. The van der Waals surface area contributed by atoms with Gasteiger partial charge in [0.1, 0.15) is 5.56 Å². The number of nitrogens with zero attached hydrogens (tertiary/aromatic N) is 3. The smallest absolute Gasteiger partial charge is 0.420 e. The molecule has 0 fully saturated rings. The van der Waals surface area contributed by atoms with Crippen LogP contribution in [-0.4, -0.2) is 37.4 Å². The third-order valence-corrected chi connectivity index (χ3v) is 3.56. The number of pyridine rings is 1. The Morgan fingerprint density at radius 3 is 2.59 bits per heavy atom. The maximum atomic E-state index is 13.1. The van der Waals surface area contributed by atoms with Crippen LogP contribution in [-0.2, 0) is 11.0 Å². The van der Waals surface area contributed by atoms with E-state index in [2.05, 4.69) is 20.7 Å². The maximum absolute atomic E-state index is 13.1. The Hall–Kier alpha value is -3.11. The molecule has 0 aliphatic rings. The number of aromatic nitrogens is 3. The molecule has 0 unspecified atom stereocenters. The number of aliphatic carboxylic acids is 1. The number of amides is 2. The number of carbonyl (C=O) groups is 2. The second-order valence-electron chi connectivity index (χ2n) is 6.37. The summed E-state index contributed by atoms with van der Waals surface area (Å²) in [5, 5.41) is 17.6. The highest BCUT2D eigenvalue weighted by Gasteiger charge is 2.35. The average molecular weight is 385 g/mol. The van der Waals surface area contributed by atoms with E-state index >= 15 is 0 Å². The highest BCUT2D eigenvalue weighted by Crippen LogP contribution is 2.32. The molecule has 146 valence electrons. The lowest BCUT2D eigenvalue weighted by molar-refractivity contribution is -0.138. The molecule has 0 bridgehead atoms. The zero-order valence-corrected chi connectivity index (χ0v) is 14.5.